The van der Waals surface area contributed by atoms with Crippen molar-refractivity contribution in [1.29, 1.82) is 0 Å². The van der Waals surface area contributed by atoms with Gasteiger partial charge in [-0.3, -0.25) is 19.1 Å². The molecule has 2 N–H and O–H groups in total. The fraction of sp³-hybridized carbons (Fsp3) is 0.457. The first-order valence-electron chi connectivity index (χ1n) is 16.1. The number of methoxy groups -OCH3 is 1. The molecule has 1 atom stereocenters. The Morgan fingerprint density at radius 1 is 1.04 bits per heavy atom. The zero-order valence-corrected chi connectivity index (χ0v) is 26.7. The van der Waals surface area contributed by atoms with Crippen molar-refractivity contribution in [3.63, 3.8) is 0 Å². The number of fused-ring (bicyclic) bond motifs is 2. The van der Waals surface area contributed by atoms with Crippen molar-refractivity contribution in [3.8, 4) is 22.8 Å². The summed E-state index contributed by atoms with van der Waals surface area (Å²) >= 11 is 0. The number of ether oxygens (including phenoxy) is 1. The van der Waals surface area contributed by atoms with E-state index < -0.39 is 6.04 Å². The number of amides is 1. The average Bonchev–Trinajstić information content (AvgIpc) is 3.62. The van der Waals surface area contributed by atoms with Crippen LogP contribution in [0.15, 0.2) is 48.8 Å². The third kappa shape index (κ3) is 5.40. The van der Waals surface area contributed by atoms with E-state index in [0.29, 0.717) is 24.1 Å². The molecule has 2 fully saturated rings. The summed E-state index contributed by atoms with van der Waals surface area (Å²) in [6, 6.07) is 11.5. The Morgan fingerprint density at radius 2 is 1.82 bits per heavy atom. The molecular weight excluding hydrogens is 566 g/mol. The lowest BCUT2D eigenvalue weighted by Gasteiger charge is -2.41. The topological polar surface area (TPSA) is 98.5 Å². The molecule has 7 rings (SSSR count). The number of hydrogen-bond donors (Lipinski definition) is 2. The van der Waals surface area contributed by atoms with Gasteiger partial charge in [0.25, 0.3) is 0 Å². The van der Waals surface area contributed by atoms with Gasteiger partial charge in [0.2, 0.25) is 5.91 Å². The molecule has 2 aliphatic heterocycles. The van der Waals surface area contributed by atoms with Crippen LogP contribution in [-0.4, -0.2) is 94.7 Å². The molecule has 45 heavy (non-hydrogen) atoms. The van der Waals surface area contributed by atoms with Crippen LogP contribution < -0.4 is 15.0 Å². The first-order valence-corrected chi connectivity index (χ1v) is 16.1. The highest BCUT2D eigenvalue weighted by atomic mass is 16.5. The SMILES string of the molecule is COc1cccc2c1CC(C(=O)Nc1ccc(-c3nc(C4CCC(N5CCN(C)CC5)CC4)n4ccnc(C)c34)cc1O)N2C. The number of benzene rings is 2. The van der Waals surface area contributed by atoms with Crippen LogP contribution in [0.1, 0.15) is 48.7 Å². The number of carbonyl (C=O) groups is 1. The van der Waals surface area contributed by atoms with Crippen molar-refractivity contribution in [3.05, 3.63) is 65.9 Å². The number of phenolic OH excluding ortho intramolecular Hbond substituents is 1. The summed E-state index contributed by atoms with van der Waals surface area (Å²) in [5, 5.41) is 14.1. The van der Waals surface area contributed by atoms with Gasteiger partial charge in [-0.2, -0.15) is 0 Å². The molecule has 10 heteroatoms. The second kappa shape index (κ2) is 12.0. The van der Waals surface area contributed by atoms with Gasteiger partial charge in [-0.25, -0.2) is 4.98 Å². The van der Waals surface area contributed by atoms with Gasteiger partial charge in [0.05, 0.1) is 29.7 Å². The Hall–Kier alpha value is -4.15. The van der Waals surface area contributed by atoms with Crippen molar-refractivity contribution < 1.29 is 14.6 Å². The van der Waals surface area contributed by atoms with Gasteiger partial charge in [0, 0.05) is 80.8 Å². The smallest absolute Gasteiger partial charge is 0.247 e. The van der Waals surface area contributed by atoms with E-state index in [1.807, 2.05) is 55.5 Å². The molecule has 2 aromatic heterocycles. The monoisotopic (exact) mass is 609 g/mol. The second-order valence-corrected chi connectivity index (χ2v) is 12.9. The summed E-state index contributed by atoms with van der Waals surface area (Å²) in [6.45, 7) is 6.63. The van der Waals surface area contributed by atoms with E-state index in [4.69, 9.17) is 9.72 Å². The summed E-state index contributed by atoms with van der Waals surface area (Å²) in [5.41, 5.74) is 5.84. The third-order valence-corrected chi connectivity index (χ3v) is 10.3. The average molecular weight is 610 g/mol. The van der Waals surface area contributed by atoms with Crippen LogP contribution >= 0.6 is 0 Å². The minimum atomic E-state index is -0.407. The highest BCUT2D eigenvalue weighted by molar-refractivity contribution is 6.00. The molecular formula is C35H43N7O3. The molecule has 10 nitrogen and oxygen atoms in total. The number of nitrogens with one attached hydrogen (secondary N) is 1. The molecule has 0 bridgehead atoms. The number of aromatic hydroxyl groups is 1. The fourth-order valence-electron chi connectivity index (χ4n) is 7.64. The Morgan fingerprint density at radius 3 is 2.56 bits per heavy atom. The lowest BCUT2D eigenvalue weighted by atomic mass is 9.84. The van der Waals surface area contributed by atoms with E-state index >= 15 is 0 Å². The second-order valence-electron chi connectivity index (χ2n) is 12.9. The highest BCUT2D eigenvalue weighted by Crippen LogP contribution is 2.40. The number of aryl methyl sites for hydroxylation is 1. The predicted molar refractivity (Wildman–Crippen MR) is 176 cm³/mol. The molecule has 4 aromatic rings. The number of carbonyl (C=O) groups excluding carboxylic acids is 1. The Balaban J connectivity index is 1.10. The lowest BCUT2D eigenvalue weighted by molar-refractivity contribution is -0.117. The van der Waals surface area contributed by atoms with Gasteiger partial charge in [0.1, 0.15) is 23.4 Å². The molecule has 1 saturated carbocycles. The van der Waals surface area contributed by atoms with Crippen LogP contribution in [0, 0.1) is 6.92 Å². The van der Waals surface area contributed by atoms with Crippen LogP contribution in [0.4, 0.5) is 11.4 Å². The maximum absolute atomic E-state index is 13.4. The number of aromatic nitrogens is 3. The number of anilines is 2. The van der Waals surface area contributed by atoms with Crippen molar-refractivity contribution >= 4 is 22.8 Å². The van der Waals surface area contributed by atoms with Crippen LogP contribution in [0.3, 0.4) is 0 Å². The van der Waals surface area contributed by atoms with Gasteiger partial charge in [-0.15, -0.1) is 0 Å². The summed E-state index contributed by atoms with van der Waals surface area (Å²) in [4.78, 5) is 30.3. The first kappa shape index (κ1) is 29.6. The molecule has 0 spiro atoms. The minimum absolute atomic E-state index is 0.00789. The van der Waals surface area contributed by atoms with Gasteiger partial charge in [0.15, 0.2) is 0 Å². The summed E-state index contributed by atoms with van der Waals surface area (Å²) in [5.74, 6) is 2.05. The molecule has 1 unspecified atom stereocenters. The molecule has 3 aliphatic rings. The zero-order valence-electron chi connectivity index (χ0n) is 26.7. The number of piperazine rings is 1. The van der Waals surface area contributed by atoms with E-state index in [9.17, 15) is 9.90 Å². The fourth-order valence-corrected chi connectivity index (χ4v) is 7.64. The minimum Gasteiger partial charge on any atom is -0.506 e. The van der Waals surface area contributed by atoms with Crippen molar-refractivity contribution in [2.24, 2.45) is 0 Å². The van der Waals surface area contributed by atoms with E-state index in [1.165, 1.54) is 12.8 Å². The van der Waals surface area contributed by atoms with Gasteiger partial charge >= 0.3 is 0 Å². The van der Waals surface area contributed by atoms with Crippen LogP contribution in [0.2, 0.25) is 0 Å². The van der Waals surface area contributed by atoms with Crippen LogP contribution in [0.25, 0.3) is 16.8 Å². The zero-order chi connectivity index (χ0) is 31.2. The van der Waals surface area contributed by atoms with Crippen LogP contribution in [-0.2, 0) is 11.2 Å². The number of likely N-dealkylation sites (N-methyl/N-ethyl adjacent to an activating group) is 2. The Kier molecular flexibility index (Phi) is 7.87. The molecule has 1 saturated heterocycles. The molecule has 236 valence electrons. The van der Waals surface area contributed by atoms with E-state index in [0.717, 1.165) is 84.3 Å². The quantitative estimate of drug-likeness (QED) is 0.304. The van der Waals surface area contributed by atoms with Crippen molar-refractivity contribution in [2.75, 3.05) is 57.6 Å². The number of nitrogens with zero attached hydrogens (tertiary/aromatic N) is 6. The van der Waals surface area contributed by atoms with Crippen molar-refractivity contribution in [2.45, 2.75) is 57.0 Å². The largest absolute Gasteiger partial charge is 0.506 e. The van der Waals surface area contributed by atoms with E-state index in [2.05, 4.69) is 31.5 Å². The van der Waals surface area contributed by atoms with E-state index in [1.54, 1.807) is 19.2 Å². The standard InChI is InChI=1S/C35H43N7O3/c1-22-33-32(38-34(42(33)15-14-36-22)23-8-11-25(12-9-23)41-18-16-39(2)17-19-41)24-10-13-27(30(43)20-24)37-35(44)29-21-26-28(40(29)3)6-5-7-31(26)45-4/h5-7,10,13-15,20,23,25,29,43H,8-9,11-12,16-19,21H2,1-4H3,(H,37,44). The van der Waals surface area contributed by atoms with Crippen LogP contribution in [0.5, 0.6) is 11.5 Å². The van der Waals surface area contributed by atoms with Gasteiger partial charge in [-0.1, -0.05) is 12.1 Å². The van der Waals surface area contributed by atoms with Gasteiger partial charge < -0.3 is 25.0 Å². The number of hydrogen-bond acceptors (Lipinski definition) is 8. The molecule has 1 amide bonds. The van der Waals surface area contributed by atoms with Crippen molar-refractivity contribution in [1.82, 2.24) is 24.2 Å². The van der Waals surface area contributed by atoms with Gasteiger partial charge in [-0.05, 0) is 63.9 Å². The number of imidazole rings is 1. The first-order chi connectivity index (χ1) is 21.8. The number of phenols is 1. The third-order valence-electron chi connectivity index (χ3n) is 10.3. The Bertz CT molecular complexity index is 1720. The predicted octanol–water partition coefficient (Wildman–Crippen LogP) is 4.69. The molecule has 2 aromatic carbocycles. The normalized spacial score (nSPS) is 22.5. The molecule has 0 radical (unpaired) electrons. The maximum atomic E-state index is 13.4. The van der Waals surface area contributed by atoms with E-state index in [-0.39, 0.29) is 11.7 Å². The summed E-state index contributed by atoms with van der Waals surface area (Å²) < 4.78 is 7.73. The maximum Gasteiger partial charge on any atom is 0.247 e. The highest BCUT2D eigenvalue weighted by Gasteiger charge is 2.35. The lowest BCUT2D eigenvalue weighted by Crippen LogP contribution is -2.49. The summed E-state index contributed by atoms with van der Waals surface area (Å²) in [6.07, 6.45) is 8.99. The Labute approximate surface area is 264 Å². The molecule has 4 heterocycles. The number of rotatable bonds is 6. The summed E-state index contributed by atoms with van der Waals surface area (Å²) in [7, 11) is 5.77. The molecule has 1 aliphatic carbocycles.